The maximum atomic E-state index is 12.5. The van der Waals surface area contributed by atoms with E-state index < -0.39 is 16.3 Å². The Balaban J connectivity index is 0.00000177. The predicted octanol–water partition coefficient (Wildman–Crippen LogP) is 2.24. The molecule has 0 saturated heterocycles. The van der Waals surface area contributed by atoms with Crippen molar-refractivity contribution in [1.82, 2.24) is 4.90 Å². The fraction of sp³-hybridized carbons (Fsp3) is 0.704. The summed E-state index contributed by atoms with van der Waals surface area (Å²) in [5.41, 5.74) is 0.975. The number of benzene rings is 1. The average Bonchev–Trinajstić information content (AvgIpc) is 2.96. The first-order valence-corrected chi connectivity index (χ1v) is 14.0. The maximum Gasteiger partial charge on any atom is 0.294 e. The molecule has 0 saturated carbocycles. The van der Waals surface area contributed by atoms with Gasteiger partial charge in [-0.15, -0.1) is 20.2 Å². The second-order valence-electron chi connectivity index (χ2n) is 9.28. The van der Waals surface area contributed by atoms with Crippen LogP contribution in [0.4, 0.5) is 0 Å². The van der Waals surface area contributed by atoms with Crippen molar-refractivity contribution >= 4 is 12.4 Å². The third kappa shape index (κ3) is 22.8. The quantitative estimate of drug-likeness (QED) is 0.0656. The Kier molecular flexibility index (Phi) is 23.5. The monoisotopic (exact) mass is 635 g/mol. The molecule has 0 fully saturated rings. The van der Waals surface area contributed by atoms with Gasteiger partial charge in [0.1, 0.15) is 32.2 Å². The van der Waals surface area contributed by atoms with Crippen molar-refractivity contribution in [2.24, 2.45) is 0 Å². The van der Waals surface area contributed by atoms with Gasteiger partial charge in [0.15, 0.2) is 6.10 Å². The summed E-state index contributed by atoms with van der Waals surface area (Å²) in [6.07, 6.45) is -0.537. The zero-order chi connectivity index (χ0) is 33.2. The normalized spacial score (nSPS) is 11.2. The maximum absolute atomic E-state index is 12.5. The Morgan fingerprint density at radius 1 is 0.886 bits per heavy atom. The van der Waals surface area contributed by atoms with Gasteiger partial charge in [-0.1, -0.05) is 12.1 Å². The van der Waals surface area contributed by atoms with Crippen LogP contribution in [0, 0.1) is 20.2 Å². The standard InChI is InChI=1S/C23H36N2O10.C4H9NO4/c1-18(2)24(23(27)16-31-10-12-35-25(28)29)13-22(34-17-26)15-33-21-7-5-20(6-8-21)14-30-9-11-32-19(3)4;1-2-8-3-4-9-5(6)7/h5-8,17-19,22H,9-16H2,1-4H3;2-4H2,1H3. The van der Waals surface area contributed by atoms with Crippen LogP contribution < -0.4 is 4.74 Å². The number of hydrogen-bond acceptors (Lipinski definition) is 14. The van der Waals surface area contributed by atoms with E-state index in [2.05, 4.69) is 9.68 Å². The van der Waals surface area contributed by atoms with E-state index in [0.29, 0.717) is 38.6 Å². The molecule has 0 aliphatic rings. The molecule has 44 heavy (non-hydrogen) atoms. The number of carbonyl (C=O) groups excluding carboxylic acids is 2. The van der Waals surface area contributed by atoms with Crippen LogP contribution in [0.1, 0.15) is 40.2 Å². The van der Waals surface area contributed by atoms with E-state index in [1.165, 1.54) is 4.90 Å². The van der Waals surface area contributed by atoms with E-state index in [1.807, 2.05) is 46.8 Å². The SMILES string of the molecule is CC(C)OCCOCc1ccc(OCC(CN(C(=O)COCCO[N+](=O)[O-])C(C)C)OC=O)cc1.CCOCCO[N+](=O)[O-]. The summed E-state index contributed by atoms with van der Waals surface area (Å²) in [7, 11) is 0. The fourth-order valence-corrected chi connectivity index (χ4v) is 3.17. The lowest BCUT2D eigenvalue weighted by atomic mass is 10.2. The van der Waals surface area contributed by atoms with Gasteiger partial charge in [0, 0.05) is 12.6 Å². The average molecular weight is 636 g/mol. The van der Waals surface area contributed by atoms with E-state index in [4.69, 9.17) is 28.4 Å². The summed E-state index contributed by atoms with van der Waals surface area (Å²) < 4.78 is 31.7. The van der Waals surface area contributed by atoms with E-state index in [9.17, 15) is 29.8 Å². The van der Waals surface area contributed by atoms with Gasteiger partial charge in [0.05, 0.1) is 45.7 Å². The van der Waals surface area contributed by atoms with Crippen LogP contribution in [-0.2, 0) is 49.6 Å². The number of carbonyl (C=O) groups is 2. The molecule has 0 spiro atoms. The van der Waals surface area contributed by atoms with Gasteiger partial charge < -0.3 is 43.0 Å². The second-order valence-corrected chi connectivity index (χ2v) is 9.28. The van der Waals surface area contributed by atoms with Crippen LogP contribution in [0.5, 0.6) is 5.75 Å². The number of ether oxygens (including phenoxy) is 6. The minimum atomic E-state index is -0.932. The van der Waals surface area contributed by atoms with Gasteiger partial charge in [0.25, 0.3) is 16.6 Å². The molecule has 1 rings (SSSR count). The van der Waals surface area contributed by atoms with Crippen molar-refractivity contribution in [1.29, 1.82) is 0 Å². The lowest BCUT2D eigenvalue weighted by Gasteiger charge is -2.30. The molecule has 1 amide bonds. The minimum Gasteiger partial charge on any atom is -0.490 e. The van der Waals surface area contributed by atoms with Gasteiger partial charge >= 0.3 is 0 Å². The Labute approximate surface area is 256 Å². The van der Waals surface area contributed by atoms with Crippen molar-refractivity contribution in [3.05, 3.63) is 50.1 Å². The number of hydrogen-bond donors (Lipinski definition) is 0. The van der Waals surface area contributed by atoms with Crippen LogP contribution in [0.2, 0.25) is 0 Å². The molecular weight excluding hydrogens is 590 g/mol. The first-order chi connectivity index (χ1) is 21.0. The number of nitrogens with zero attached hydrogens (tertiary/aromatic N) is 3. The molecule has 0 aromatic heterocycles. The van der Waals surface area contributed by atoms with Gasteiger partial charge in [-0.05, 0) is 52.3 Å². The van der Waals surface area contributed by atoms with E-state index in [0.717, 1.165) is 5.56 Å². The molecular formula is C27H45N3O14. The Morgan fingerprint density at radius 3 is 2.00 bits per heavy atom. The molecule has 17 heteroatoms. The van der Waals surface area contributed by atoms with Crippen molar-refractivity contribution in [3.63, 3.8) is 0 Å². The zero-order valence-corrected chi connectivity index (χ0v) is 26.0. The Bertz CT molecular complexity index is 918. The van der Waals surface area contributed by atoms with Crippen molar-refractivity contribution < 1.29 is 57.9 Å². The zero-order valence-electron chi connectivity index (χ0n) is 26.0. The molecule has 0 aliphatic heterocycles. The van der Waals surface area contributed by atoms with Crippen LogP contribution in [0.3, 0.4) is 0 Å². The van der Waals surface area contributed by atoms with E-state index >= 15 is 0 Å². The van der Waals surface area contributed by atoms with Gasteiger partial charge in [-0.3, -0.25) is 9.59 Å². The molecule has 0 aliphatic carbocycles. The second kappa shape index (κ2) is 25.7. The highest BCUT2D eigenvalue weighted by atomic mass is 17.0. The number of amides is 1. The summed E-state index contributed by atoms with van der Waals surface area (Å²) >= 11 is 0. The van der Waals surface area contributed by atoms with Crippen molar-refractivity contribution in [3.8, 4) is 5.75 Å². The topological polar surface area (TPSA) is 198 Å². The summed E-state index contributed by atoms with van der Waals surface area (Å²) in [5.74, 6) is 0.219. The summed E-state index contributed by atoms with van der Waals surface area (Å²) in [6, 6.07) is 7.11. The minimum absolute atomic E-state index is 0.0147. The van der Waals surface area contributed by atoms with Crippen LogP contribution >= 0.6 is 0 Å². The fourth-order valence-electron chi connectivity index (χ4n) is 3.17. The molecule has 1 unspecified atom stereocenters. The molecule has 1 aromatic carbocycles. The van der Waals surface area contributed by atoms with Crippen molar-refractivity contribution in [2.75, 3.05) is 66.0 Å². The van der Waals surface area contributed by atoms with Crippen LogP contribution in [-0.4, -0.2) is 112 Å². The Hall–Kier alpha value is -3.80. The first-order valence-electron chi connectivity index (χ1n) is 14.0. The smallest absolute Gasteiger partial charge is 0.294 e. The highest BCUT2D eigenvalue weighted by Gasteiger charge is 2.23. The molecule has 0 heterocycles. The highest BCUT2D eigenvalue weighted by Crippen LogP contribution is 2.14. The van der Waals surface area contributed by atoms with Gasteiger partial charge in [-0.25, -0.2) is 0 Å². The third-order valence-corrected chi connectivity index (χ3v) is 5.18. The molecule has 0 bridgehead atoms. The lowest BCUT2D eigenvalue weighted by molar-refractivity contribution is -0.758. The Morgan fingerprint density at radius 2 is 1.48 bits per heavy atom. The lowest BCUT2D eigenvalue weighted by Crippen LogP contribution is -2.46. The van der Waals surface area contributed by atoms with E-state index in [-0.39, 0.29) is 64.2 Å². The predicted molar refractivity (Wildman–Crippen MR) is 154 cm³/mol. The number of rotatable bonds is 25. The molecule has 0 radical (unpaired) electrons. The van der Waals surface area contributed by atoms with Crippen molar-refractivity contribution in [2.45, 2.75) is 59.5 Å². The van der Waals surface area contributed by atoms with E-state index in [1.54, 1.807) is 12.1 Å². The van der Waals surface area contributed by atoms with Crippen LogP contribution in [0.15, 0.2) is 24.3 Å². The first kappa shape index (κ1) is 40.2. The van der Waals surface area contributed by atoms with Gasteiger partial charge in [0.2, 0.25) is 5.91 Å². The summed E-state index contributed by atoms with van der Waals surface area (Å²) in [4.78, 5) is 52.7. The molecule has 17 nitrogen and oxygen atoms in total. The molecule has 0 N–H and O–H groups in total. The highest BCUT2D eigenvalue weighted by molar-refractivity contribution is 5.77. The van der Waals surface area contributed by atoms with Crippen LogP contribution in [0.25, 0.3) is 0 Å². The van der Waals surface area contributed by atoms with Gasteiger partial charge in [-0.2, -0.15) is 0 Å². The largest absolute Gasteiger partial charge is 0.490 e. The summed E-state index contributed by atoms with van der Waals surface area (Å²) in [5, 5.41) is 17.9. The third-order valence-electron chi connectivity index (χ3n) is 5.18. The molecule has 252 valence electrons. The molecule has 1 aromatic rings. The molecule has 1 atom stereocenters. The summed E-state index contributed by atoms with van der Waals surface area (Å²) in [6.45, 7) is 11.5.